The normalized spacial score (nSPS) is 23.0. The second kappa shape index (κ2) is 12.5. The summed E-state index contributed by atoms with van der Waals surface area (Å²) in [5, 5.41) is 8.68. The standard InChI is InChI=1S/C27H35N5O5S/c1-18(28-2)25(33)29-22-17-31(38(36)37)16-15-21-13-14-23(32(21)27(22)35)26(34)30-24(19-9-5-3-6-10-19)20-11-7-4-8-12-20/h3-12,18,21-24,28,38H,13-17H2,1-2H3,(H,29,33)(H,30,34)/t18-,21+,22-,23?/m0/s1. The zero-order valence-corrected chi connectivity index (χ0v) is 22.5. The summed E-state index contributed by atoms with van der Waals surface area (Å²) < 4.78 is 24.9. The fourth-order valence-electron chi connectivity index (χ4n) is 5.19. The Bertz CT molecular complexity index is 1160. The number of benzene rings is 2. The van der Waals surface area contributed by atoms with Crippen molar-refractivity contribution in [2.75, 3.05) is 20.1 Å². The van der Waals surface area contributed by atoms with Crippen LogP contribution in [0.4, 0.5) is 0 Å². The van der Waals surface area contributed by atoms with Gasteiger partial charge in [0.05, 0.1) is 12.1 Å². The van der Waals surface area contributed by atoms with Crippen LogP contribution in [0.3, 0.4) is 0 Å². The number of thiol groups is 1. The molecule has 0 aromatic heterocycles. The van der Waals surface area contributed by atoms with E-state index in [2.05, 4.69) is 16.0 Å². The summed E-state index contributed by atoms with van der Waals surface area (Å²) in [6.07, 6.45) is 1.45. The molecule has 3 amide bonds. The lowest BCUT2D eigenvalue weighted by molar-refractivity contribution is -0.144. The maximum Gasteiger partial charge on any atom is 0.247 e. The summed E-state index contributed by atoms with van der Waals surface area (Å²) >= 11 is 0. The van der Waals surface area contributed by atoms with Gasteiger partial charge >= 0.3 is 0 Å². The second-order valence-electron chi connectivity index (χ2n) is 9.77. The first-order valence-electron chi connectivity index (χ1n) is 12.9. The highest BCUT2D eigenvalue weighted by atomic mass is 32.2. The van der Waals surface area contributed by atoms with Crippen LogP contribution in [0, 0.1) is 0 Å². The molecular weight excluding hydrogens is 506 g/mol. The highest BCUT2D eigenvalue weighted by Gasteiger charge is 2.45. The first-order valence-corrected chi connectivity index (χ1v) is 14.0. The summed E-state index contributed by atoms with van der Waals surface area (Å²) in [5.41, 5.74) is 1.84. The van der Waals surface area contributed by atoms with Crippen LogP contribution >= 0.6 is 0 Å². The number of likely N-dealkylation sites (N-methyl/N-ethyl adjacent to an activating group) is 1. The lowest BCUT2D eigenvalue weighted by Crippen LogP contribution is -2.61. The molecule has 1 unspecified atom stereocenters. The van der Waals surface area contributed by atoms with E-state index in [0.717, 1.165) is 11.1 Å². The highest BCUT2D eigenvalue weighted by molar-refractivity contribution is 7.69. The van der Waals surface area contributed by atoms with Crippen LogP contribution in [0.15, 0.2) is 60.7 Å². The molecule has 2 aliphatic rings. The summed E-state index contributed by atoms with van der Waals surface area (Å²) in [6, 6.07) is 16.2. The van der Waals surface area contributed by atoms with Gasteiger partial charge in [0.15, 0.2) is 0 Å². The van der Waals surface area contributed by atoms with Crippen molar-refractivity contribution >= 4 is 28.6 Å². The summed E-state index contributed by atoms with van der Waals surface area (Å²) in [6.45, 7) is 1.69. The van der Waals surface area contributed by atoms with Crippen molar-refractivity contribution in [3.05, 3.63) is 71.8 Å². The van der Waals surface area contributed by atoms with Crippen LogP contribution in [0.2, 0.25) is 0 Å². The Morgan fingerprint density at radius 1 is 0.947 bits per heavy atom. The van der Waals surface area contributed by atoms with Crippen LogP contribution in [0.25, 0.3) is 0 Å². The molecule has 38 heavy (non-hydrogen) atoms. The van der Waals surface area contributed by atoms with E-state index in [9.17, 15) is 22.8 Å². The van der Waals surface area contributed by atoms with Crippen molar-refractivity contribution in [1.29, 1.82) is 0 Å². The van der Waals surface area contributed by atoms with Gasteiger partial charge in [0.2, 0.25) is 28.6 Å². The Morgan fingerprint density at radius 2 is 1.55 bits per heavy atom. The number of rotatable bonds is 8. The van der Waals surface area contributed by atoms with E-state index in [-0.39, 0.29) is 25.0 Å². The predicted octanol–water partition coefficient (Wildman–Crippen LogP) is 0.577. The Morgan fingerprint density at radius 3 is 2.11 bits per heavy atom. The molecular formula is C27H35N5O5S. The first kappa shape index (κ1) is 27.7. The van der Waals surface area contributed by atoms with E-state index in [1.807, 2.05) is 60.7 Å². The van der Waals surface area contributed by atoms with Crippen LogP contribution in [-0.4, -0.2) is 79.6 Å². The average molecular weight is 542 g/mol. The number of nitrogens with zero attached hydrogens (tertiary/aromatic N) is 2. The zero-order valence-electron chi connectivity index (χ0n) is 21.6. The molecule has 4 atom stereocenters. The Kier molecular flexibility index (Phi) is 9.13. The van der Waals surface area contributed by atoms with Crippen molar-refractivity contribution in [2.45, 2.75) is 56.4 Å². The monoisotopic (exact) mass is 541 g/mol. The number of carbonyl (C=O) groups excluding carboxylic acids is 3. The number of nitrogens with one attached hydrogen (secondary N) is 3. The third kappa shape index (κ3) is 6.23. The molecule has 0 aliphatic carbocycles. The summed E-state index contributed by atoms with van der Waals surface area (Å²) in [4.78, 5) is 41.8. The van der Waals surface area contributed by atoms with E-state index in [1.54, 1.807) is 18.9 Å². The van der Waals surface area contributed by atoms with Crippen LogP contribution in [0.1, 0.15) is 43.4 Å². The van der Waals surface area contributed by atoms with E-state index in [1.165, 1.54) is 4.31 Å². The Hall–Kier alpha value is -3.28. The van der Waals surface area contributed by atoms with Gasteiger partial charge in [-0.2, -0.15) is 0 Å². The first-order chi connectivity index (χ1) is 18.3. The van der Waals surface area contributed by atoms with Crippen LogP contribution < -0.4 is 16.0 Å². The zero-order chi connectivity index (χ0) is 27.2. The van der Waals surface area contributed by atoms with Gasteiger partial charge in [-0.3, -0.25) is 14.4 Å². The van der Waals surface area contributed by atoms with Gasteiger partial charge in [-0.15, -0.1) is 0 Å². The van der Waals surface area contributed by atoms with E-state index < -0.39 is 46.9 Å². The topological polar surface area (TPSA) is 128 Å². The smallest absolute Gasteiger partial charge is 0.247 e. The predicted molar refractivity (Wildman–Crippen MR) is 143 cm³/mol. The average Bonchev–Trinajstić information content (AvgIpc) is 3.35. The number of hydrogen-bond acceptors (Lipinski definition) is 6. The fourth-order valence-corrected chi connectivity index (χ4v) is 5.76. The third-order valence-electron chi connectivity index (χ3n) is 7.40. The Labute approximate surface area is 224 Å². The molecule has 0 bridgehead atoms. The molecule has 2 aromatic rings. The molecule has 2 heterocycles. The third-order valence-corrected chi connectivity index (χ3v) is 8.22. The second-order valence-corrected chi connectivity index (χ2v) is 10.8. The number of carbonyl (C=O) groups is 3. The van der Waals surface area contributed by atoms with Crippen molar-refractivity contribution < 1.29 is 22.8 Å². The van der Waals surface area contributed by atoms with Crippen molar-refractivity contribution in [1.82, 2.24) is 25.2 Å². The lowest BCUT2D eigenvalue weighted by atomic mass is 9.98. The minimum absolute atomic E-state index is 0.173. The summed E-state index contributed by atoms with van der Waals surface area (Å²) in [5.74, 6) is -1.14. The number of hydrogen-bond donors (Lipinski definition) is 4. The highest BCUT2D eigenvalue weighted by Crippen LogP contribution is 2.31. The number of amides is 3. The van der Waals surface area contributed by atoms with Gasteiger partial charge in [-0.05, 0) is 44.4 Å². The molecule has 204 valence electrons. The van der Waals surface area contributed by atoms with E-state index >= 15 is 0 Å². The molecule has 0 radical (unpaired) electrons. The maximum atomic E-state index is 13.8. The van der Waals surface area contributed by atoms with Crippen molar-refractivity contribution in [3.63, 3.8) is 0 Å². The molecule has 2 aromatic carbocycles. The van der Waals surface area contributed by atoms with Crippen molar-refractivity contribution in [3.8, 4) is 0 Å². The Balaban J connectivity index is 1.60. The summed E-state index contributed by atoms with van der Waals surface area (Å²) in [7, 11) is -1.30. The molecule has 10 nitrogen and oxygen atoms in total. The SMILES string of the molecule is CN[C@@H](C)C(=O)N[C@H]1CN([SH](=O)=O)CC[C@H]2CCC(C(=O)NC(c3ccccc3)c3ccccc3)N2C1=O. The molecule has 0 saturated carbocycles. The van der Waals surface area contributed by atoms with Gasteiger partial charge < -0.3 is 20.9 Å². The van der Waals surface area contributed by atoms with Gasteiger partial charge in [0.1, 0.15) is 12.1 Å². The largest absolute Gasteiger partial charge is 0.343 e. The molecule has 2 fully saturated rings. The minimum Gasteiger partial charge on any atom is -0.343 e. The van der Waals surface area contributed by atoms with E-state index in [4.69, 9.17) is 0 Å². The van der Waals surface area contributed by atoms with E-state index in [0.29, 0.717) is 19.3 Å². The molecule has 2 saturated heterocycles. The van der Waals surface area contributed by atoms with Gasteiger partial charge in [-0.25, -0.2) is 12.7 Å². The maximum absolute atomic E-state index is 13.8. The molecule has 2 aliphatic heterocycles. The molecule has 3 N–H and O–H groups in total. The van der Waals surface area contributed by atoms with Gasteiger partial charge in [-0.1, -0.05) is 60.7 Å². The fraction of sp³-hybridized carbons (Fsp3) is 0.444. The molecule has 4 rings (SSSR count). The van der Waals surface area contributed by atoms with Crippen LogP contribution in [0.5, 0.6) is 0 Å². The minimum atomic E-state index is -2.93. The van der Waals surface area contributed by atoms with Crippen molar-refractivity contribution in [2.24, 2.45) is 0 Å². The molecule has 0 spiro atoms. The number of fused-ring (bicyclic) bond motifs is 1. The van der Waals surface area contributed by atoms with Gasteiger partial charge in [0.25, 0.3) is 0 Å². The van der Waals surface area contributed by atoms with Crippen LogP contribution in [-0.2, 0) is 25.3 Å². The molecule has 11 heteroatoms. The van der Waals surface area contributed by atoms with Gasteiger partial charge in [0, 0.05) is 19.1 Å². The quantitative estimate of drug-likeness (QED) is 0.362. The lowest BCUT2D eigenvalue weighted by Gasteiger charge is -2.37.